The second kappa shape index (κ2) is 7.50. The third kappa shape index (κ3) is 4.68. The van der Waals surface area contributed by atoms with Crippen molar-refractivity contribution in [3.8, 4) is 0 Å². The zero-order chi connectivity index (χ0) is 14.4. The van der Waals surface area contributed by atoms with E-state index in [-0.39, 0.29) is 5.91 Å². The molecule has 1 heterocycles. The van der Waals surface area contributed by atoms with Crippen molar-refractivity contribution >= 4 is 33.6 Å². The molecule has 6 heteroatoms. The molecule has 2 rings (SSSR count). The molecule has 2 aromatic rings. The van der Waals surface area contributed by atoms with Crippen LogP contribution in [0.1, 0.15) is 12.2 Å². The Balaban J connectivity index is 1.68. The summed E-state index contributed by atoms with van der Waals surface area (Å²) in [4.78, 5) is 17.1. The molecule has 0 unspecified atom stereocenters. The Morgan fingerprint density at radius 2 is 2.15 bits per heavy atom. The molecule has 0 saturated heterocycles. The number of benzene rings is 1. The number of carbonyl (C=O) groups excluding carboxylic acids is 1. The molecule has 0 bridgehead atoms. The number of carbonyl (C=O) groups is 1. The first-order chi connectivity index (χ1) is 9.65. The maximum absolute atomic E-state index is 11.7. The summed E-state index contributed by atoms with van der Waals surface area (Å²) in [6.07, 6.45) is 4.10. The number of nitrogens with one attached hydrogen (secondary N) is 1. The average molecular weight is 354 g/mol. The molecule has 0 saturated carbocycles. The van der Waals surface area contributed by atoms with Crippen LogP contribution < -0.4 is 5.32 Å². The first-order valence-electron chi connectivity index (χ1n) is 6.26. The van der Waals surface area contributed by atoms with Gasteiger partial charge in [0.15, 0.2) is 0 Å². The van der Waals surface area contributed by atoms with Gasteiger partial charge in [-0.05, 0) is 24.3 Å². The number of rotatable bonds is 6. The van der Waals surface area contributed by atoms with Gasteiger partial charge in [-0.1, -0.05) is 15.9 Å². The summed E-state index contributed by atoms with van der Waals surface area (Å²) in [5.41, 5.74) is 0. The largest absolute Gasteiger partial charge is 0.349 e. The Bertz CT molecular complexity index is 568. The maximum Gasteiger partial charge on any atom is 0.221 e. The van der Waals surface area contributed by atoms with E-state index in [1.165, 1.54) is 4.90 Å². The zero-order valence-electron chi connectivity index (χ0n) is 11.2. The van der Waals surface area contributed by atoms with Crippen molar-refractivity contribution in [1.82, 2.24) is 14.9 Å². The topological polar surface area (TPSA) is 46.9 Å². The Morgan fingerprint density at radius 1 is 1.40 bits per heavy atom. The third-order valence-corrected chi connectivity index (χ3v) is 4.32. The van der Waals surface area contributed by atoms with Crippen LogP contribution in [0.15, 0.2) is 46.0 Å². The number of amides is 1. The molecule has 0 radical (unpaired) electrons. The molecular formula is C14H16BrN3OS. The van der Waals surface area contributed by atoms with Crippen LogP contribution in [0.4, 0.5) is 0 Å². The lowest BCUT2D eigenvalue weighted by Gasteiger charge is -2.05. The molecule has 0 fully saturated rings. The van der Waals surface area contributed by atoms with Gasteiger partial charge in [-0.15, -0.1) is 11.8 Å². The normalized spacial score (nSPS) is 10.5. The van der Waals surface area contributed by atoms with Crippen molar-refractivity contribution in [1.29, 1.82) is 0 Å². The van der Waals surface area contributed by atoms with Gasteiger partial charge in [-0.3, -0.25) is 4.79 Å². The van der Waals surface area contributed by atoms with Crippen molar-refractivity contribution in [2.75, 3.05) is 5.75 Å². The summed E-state index contributed by atoms with van der Waals surface area (Å²) in [6.45, 7) is 0.477. The summed E-state index contributed by atoms with van der Waals surface area (Å²) in [5.74, 6) is 1.69. The second-order valence-corrected chi connectivity index (χ2v) is 6.37. The molecular weight excluding hydrogens is 338 g/mol. The van der Waals surface area contributed by atoms with Crippen molar-refractivity contribution in [3.05, 3.63) is 47.0 Å². The van der Waals surface area contributed by atoms with Crippen LogP contribution in [0.25, 0.3) is 0 Å². The van der Waals surface area contributed by atoms with Crippen LogP contribution in [0.2, 0.25) is 0 Å². The molecule has 0 aliphatic carbocycles. The van der Waals surface area contributed by atoms with Gasteiger partial charge < -0.3 is 9.88 Å². The van der Waals surface area contributed by atoms with Gasteiger partial charge in [0.2, 0.25) is 5.91 Å². The van der Waals surface area contributed by atoms with Gasteiger partial charge in [0, 0.05) is 41.0 Å². The lowest BCUT2D eigenvalue weighted by Crippen LogP contribution is -2.24. The number of hydrogen-bond acceptors (Lipinski definition) is 3. The van der Waals surface area contributed by atoms with Gasteiger partial charge in [0.25, 0.3) is 0 Å². The second-order valence-electron chi connectivity index (χ2n) is 4.28. The number of thioether (sulfide) groups is 1. The van der Waals surface area contributed by atoms with E-state index in [4.69, 9.17) is 0 Å². The fraction of sp³-hybridized carbons (Fsp3) is 0.286. The van der Waals surface area contributed by atoms with E-state index in [1.54, 1.807) is 18.0 Å². The standard InChI is InChI=1S/C14H16BrN3OS/c1-18-8-7-16-13(18)10-17-14(19)6-9-20-12-4-2-11(15)3-5-12/h2-5,7-8H,6,9-10H2,1H3,(H,17,19). The fourth-order valence-electron chi connectivity index (χ4n) is 1.63. The van der Waals surface area contributed by atoms with E-state index in [1.807, 2.05) is 42.1 Å². The van der Waals surface area contributed by atoms with Gasteiger partial charge in [-0.2, -0.15) is 0 Å². The molecule has 1 amide bonds. The van der Waals surface area contributed by atoms with Crippen molar-refractivity contribution in [2.24, 2.45) is 7.05 Å². The number of hydrogen-bond donors (Lipinski definition) is 1. The van der Waals surface area contributed by atoms with Crippen LogP contribution in [0.5, 0.6) is 0 Å². The predicted octanol–water partition coefficient (Wildman–Crippen LogP) is 2.98. The van der Waals surface area contributed by atoms with Crippen LogP contribution in [0.3, 0.4) is 0 Å². The Morgan fingerprint density at radius 3 is 2.80 bits per heavy atom. The van der Waals surface area contributed by atoms with Gasteiger partial charge in [-0.25, -0.2) is 4.98 Å². The van der Waals surface area contributed by atoms with Crippen molar-refractivity contribution in [2.45, 2.75) is 17.9 Å². The highest BCUT2D eigenvalue weighted by Crippen LogP contribution is 2.21. The Hall–Kier alpha value is -1.27. The van der Waals surface area contributed by atoms with E-state index in [2.05, 4.69) is 26.2 Å². The lowest BCUT2D eigenvalue weighted by atomic mass is 10.4. The monoisotopic (exact) mass is 353 g/mol. The van der Waals surface area contributed by atoms with E-state index >= 15 is 0 Å². The first kappa shape index (κ1) is 15.1. The van der Waals surface area contributed by atoms with E-state index < -0.39 is 0 Å². The summed E-state index contributed by atoms with van der Waals surface area (Å²) in [7, 11) is 1.91. The summed E-state index contributed by atoms with van der Waals surface area (Å²) >= 11 is 5.08. The number of nitrogens with zero attached hydrogens (tertiary/aromatic N) is 2. The lowest BCUT2D eigenvalue weighted by molar-refractivity contribution is -0.120. The smallest absolute Gasteiger partial charge is 0.221 e. The Kier molecular flexibility index (Phi) is 5.67. The highest BCUT2D eigenvalue weighted by molar-refractivity contribution is 9.10. The number of halogens is 1. The van der Waals surface area contributed by atoms with Crippen LogP contribution in [0, 0.1) is 0 Å². The molecule has 1 aromatic carbocycles. The van der Waals surface area contributed by atoms with Gasteiger partial charge >= 0.3 is 0 Å². The van der Waals surface area contributed by atoms with Crippen LogP contribution in [-0.4, -0.2) is 21.2 Å². The molecule has 0 aliphatic heterocycles. The van der Waals surface area contributed by atoms with Gasteiger partial charge in [0.1, 0.15) is 5.82 Å². The minimum Gasteiger partial charge on any atom is -0.349 e. The quantitative estimate of drug-likeness (QED) is 0.812. The molecule has 0 aliphatic rings. The van der Waals surface area contributed by atoms with Crippen LogP contribution in [-0.2, 0) is 18.4 Å². The highest BCUT2D eigenvalue weighted by Gasteiger charge is 2.04. The predicted molar refractivity (Wildman–Crippen MR) is 84.5 cm³/mol. The molecule has 1 aromatic heterocycles. The summed E-state index contributed by atoms with van der Waals surface area (Å²) in [5, 5.41) is 2.88. The Labute approximate surface area is 131 Å². The molecule has 1 N–H and O–H groups in total. The number of imidazole rings is 1. The number of aromatic nitrogens is 2. The maximum atomic E-state index is 11.7. The minimum atomic E-state index is 0.0533. The SMILES string of the molecule is Cn1ccnc1CNC(=O)CCSc1ccc(Br)cc1. The van der Waals surface area contributed by atoms with E-state index in [0.29, 0.717) is 13.0 Å². The zero-order valence-corrected chi connectivity index (χ0v) is 13.6. The number of aryl methyl sites for hydroxylation is 1. The van der Waals surface area contributed by atoms with Crippen molar-refractivity contribution in [3.63, 3.8) is 0 Å². The molecule has 20 heavy (non-hydrogen) atoms. The molecule has 106 valence electrons. The summed E-state index contributed by atoms with van der Waals surface area (Å²) in [6, 6.07) is 8.09. The highest BCUT2D eigenvalue weighted by atomic mass is 79.9. The van der Waals surface area contributed by atoms with E-state index in [0.717, 1.165) is 16.0 Å². The first-order valence-corrected chi connectivity index (χ1v) is 8.04. The third-order valence-electron chi connectivity index (χ3n) is 2.78. The fourth-order valence-corrected chi connectivity index (χ4v) is 2.74. The average Bonchev–Trinajstić information content (AvgIpc) is 2.84. The minimum absolute atomic E-state index is 0.0533. The molecule has 4 nitrogen and oxygen atoms in total. The summed E-state index contributed by atoms with van der Waals surface area (Å²) < 4.78 is 2.96. The molecule has 0 atom stereocenters. The van der Waals surface area contributed by atoms with Gasteiger partial charge in [0.05, 0.1) is 6.54 Å². The van der Waals surface area contributed by atoms with E-state index in [9.17, 15) is 4.79 Å². The van der Waals surface area contributed by atoms with Crippen molar-refractivity contribution < 1.29 is 4.79 Å². The van der Waals surface area contributed by atoms with Crippen LogP contribution >= 0.6 is 27.7 Å². The molecule has 0 spiro atoms.